The highest BCUT2D eigenvalue weighted by molar-refractivity contribution is 7.80. The van der Waals surface area contributed by atoms with Crippen LogP contribution in [0.2, 0.25) is 0 Å². The van der Waals surface area contributed by atoms with Crippen LogP contribution in [0, 0.1) is 0 Å². The SMILES string of the molecule is O=C(NC(=S)Nc1ccc(C(=O)N2CCCCCC2)cc1)c1ccc(OCCc2ccccc2)cc1. The Morgan fingerprint density at radius 2 is 1.44 bits per heavy atom. The molecule has 0 atom stereocenters. The predicted molar refractivity (Wildman–Crippen MR) is 147 cm³/mol. The number of ether oxygens (including phenoxy) is 1. The lowest BCUT2D eigenvalue weighted by molar-refractivity contribution is 0.0761. The zero-order valence-electron chi connectivity index (χ0n) is 20.2. The smallest absolute Gasteiger partial charge is 0.257 e. The summed E-state index contributed by atoms with van der Waals surface area (Å²) in [6, 6.07) is 24.3. The number of anilines is 1. The number of hydrogen-bond donors (Lipinski definition) is 2. The Kier molecular flexibility index (Phi) is 9.05. The summed E-state index contributed by atoms with van der Waals surface area (Å²) in [6.45, 7) is 2.19. The minimum Gasteiger partial charge on any atom is -0.493 e. The van der Waals surface area contributed by atoms with Crippen LogP contribution in [0.4, 0.5) is 5.69 Å². The predicted octanol–water partition coefficient (Wildman–Crippen LogP) is 5.45. The average Bonchev–Trinajstić information content (AvgIpc) is 3.19. The maximum Gasteiger partial charge on any atom is 0.257 e. The third kappa shape index (κ3) is 7.39. The summed E-state index contributed by atoms with van der Waals surface area (Å²) >= 11 is 5.30. The molecule has 7 heteroatoms. The lowest BCUT2D eigenvalue weighted by Gasteiger charge is -2.20. The number of carbonyl (C=O) groups is 2. The van der Waals surface area contributed by atoms with Gasteiger partial charge in [0.1, 0.15) is 5.75 Å². The first kappa shape index (κ1) is 25.4. The molecule has 0 aromatic heterocycles. The second-order valence-corrected chi connectivity index (χ2v) is 9.21. The Bertz CT molecular complexity index is 1160. The molecule has 3 aromatic rings. The normalized spacial score (nSPS) is 13.4. The van der Waals surface area contributed by atoms with Gasteiger partial charge in [-0.05, 0) is 79.2 Å². The van der Waals surface area contributed by atoms with E-state index in [0.717, 1.165) is 32.4 Å². The van der Waals surface area contributed by atoms with E-state index < -0.39 is 0 Å². The first-order valence-corrected chi connectivity index (χ1v) is 12.8. The molecule has 1 aliphatic heterocycles. The molecule has 1 fully saturated rings. The molecule has 6 nitrogen and oxygen atoms in total. The number of likely N-dealkylation sites (tertiary alicyclic amines) is 1. The Morgan fingerprint density at radius 3 is 2.11 bits per heavy atom. The lowest BCUT2D eigenvalue weighted by atomic mass is 10.1. The van der Waals surface area contributed by atoms with Crippen molar-refractivity contribution in [2.45, 2.75) is 32.1 Å². The van der Waals surface area contributed by atoms with E-state index in [9.17, 15) is 9.59 Å². The monoisotopic (exact) mass is 501 g/mol. The Balaban J connectivity index is 1.23. The summed E-state index contributed by atoms with van der Waals surface area (Å²) in [5.74, 6) is 0.459. The summed E-state index contributed by atoms with van der Waals surface area (Å²) in [4.78, 5) is 27.3. The van der Waals surface area contributed by atoms with E-state index in [4.69, 9.17) is 17.0 Å². The van der Waals surface area contributed by atoms with Crippen molar-refractivity contribution in [1.82, 2.24) is 10.2 Å². The molecule has 0 aliphatic carbocycles. The molecule has 36 heavy (non-hydrogen) atoms. The molecular formula is C29H31N3O3S. The molecule has 1 aliphatic rings. The van der Waals surface area contributed by atoms with Crippen molar-refractivity contribution in [2.75, 3.05) is 25.0 Å². The van der Waals surface area contributed by atoms with Crippen LogP contribution < -0.4 is 15.4 Å². The molecule has 1 heterocycles. The number of rotatable bonds is 7. The minimum atomic E-state index is -0.309. The van der Waals surface area contributed by atoms with Crippen molar-refractivity contribution >= 4 is 34.8 Å². The van der Waals surface area contributed by atoms with E-state index in [1.807, 2.05) is 23.1 Å². The highest BCUT2D eigenvalue weighted by atomic mass is 32.1. The second-order valence-electron chi connectivity index (χ2n) is 8.80. The molecule has 1 saturated heterocycles. The molecular weight excluding hydrogens is 470 g/mol. The van der Waals surface area contributed by atoms with Gasteiger partial charge in [0, 0.05) is 36.3 Å². The van der Waals surface area contributed by atoms with Crippen LogP contribution in [-0.2, 0) is 6.42 Å². The number of amides is 2. The summed E-state index contributed by atoms with van der Waals surface area (Å²) in [7, 11) is 0. The number of carbonyl (C=O) groups excluding carboxylic acids is 2. The molecule has 0 saturated carbocycles. The van der Waals surface area contributed by atoms with E-state index in [1.165, 1.54) is 18.4 Å². The van der Waals surface area contributed by atoms with Crippen LogP contribution in [0.1, 0.15) is 52.0 Å². The standard InChI is InChI=1S/C29H31N3O3S/c33-27(23-12-16-26(17-13-23)35-21-18-22-8-4-3-5-9-22)31-29(36)30-25-14-10-24(11-15-25)28(34)32-19-6-1-2-7-20-32/h3-5,8-17H,1-2,6-7,18-21H2,(H2,30,31,33,36). The topological polar surface area (TPSA) is 70.7 Å². The van der Waals surface area contributed by atoms with Gasteiger partial charge in [0.25, 0.3) is 11.8 Å². The summed E-state index contributed by atoms with van der Waals surface area (Å²) in [5.41, 5.74) is 3.06. The molecule has 186 valence electrons. The summed E-state index contributed by atoms with van der Waals surface area (Å²) < 4.78 is 5.78. The number of hydrogen-bond acceptors (Lipinski definition) is 4. The van der Waals surface area contributed by atoms with E-state index in [-0.39, 0.29) is 16.9 Å². The fraction of sp³-hybridized carbons (Fsp3) is 0.276. The Labute approximate surface area is 217 Å². The van der Waals surface area contributed by atoms with Gasteiger partial charge >= 0.3 is 0 Å². The molecule has 3 aromatic carbocycles. The van der Waals surface area contributed by atoms with Gasteiger partial charge < -0.3 is 15.0 Å². The Hall–Kier alpha value is -3.71. The molecule has 0 radical (unpaired) electrons. The third-order valence-corrected chi connectivity index (χ3v) is 6.33. The molecule has 2 amide bonds. The van der Waals surface area contributed by atoms with E-state index in [1.54, 1.807) is 48.5 Å². The fourth-order valence-corrected chi connectivity index (χ4v) is 4.33. The highest BCUT2D eigenvalue weighted by Crippen LogP contribution is 2.16. The highest BCUT2D eigenvalue weighted by Gasteiger charge is 2.17. The average molecular weight is 502 g/mol. The molecule has 2 N–H and O–H groups in total. The van der Waals surface area contributed by atoms with Gasteiger partial charge in [-0.3, -0.25) is 14.9 Å². The molecule has 0 bridgehead atoms. The van der Waals surface area contributed by atoms with E-state index in [2.05, 4.69) is 22.8 Å². The van der Waals surface area contributed by atoms with Gasteiger partial charge in [-0.15, -0.1) is 0 Å². The fourth-order valence-electron chi connectivity index (χ4n) is 4.12. The van der Waals surface area contributed by atoms with Gasteiger partial charge in [0.05, 0.1) is 6.61 Å². The van der Waals surface area contributed by atoms with Crippen LogP contribution >= 0.6 is 12.2 Å². The number of nitrogens with one attached hydrogen (secondary N) is 2. The Morgan fingerprint density at radius 1 is 0.806 bits per heavy atom. The van der Waals surface area contributed by atoms with Crippen LogP contribution in [0.5, 0.6) is 5.75 Å². The quantitative estimate of drug-likeness (QED) is 0.421. The van der Waals surface area contributed by atoms with Crippen LogP contribution in [0.25, 0.3) is 0 Å². The van der Waals surface area contributed by atoms with Gasteiger partial charge in [0.15, 0.2) is 5.11 Å². The maximum atomic E-state index is 12.7. The van der Waals surface area contributed by atoms with Crippen molar-refractivity contribution in [3.05, 3.63) is 95.6 Å². The third-order valence-electron chi connectivity index (χ3n) is 6.13. The van der Waals surface area contributed by atoms with Crippen molar-refractivity contribution in [2.24, 2.45) is 0 Å². The van der Waals surface area contributed by atoms with Crippen LogP contribution in [0.3, 0.4) is 0 Å². The van der Waals surface area contributed by atoms with Gasteiger partial charge in [-0.2, -0.15) is 0 Å². The lowest BCUT2D eigenvalue weighted by Crippen LogP contribution is -2.34. The van der Waals surface area contributed by atoms with Crippen molar-refractivity contribution < 1.29 is 14.3 Å². The van der Waals surface area contributed by atoms with Crippen LogP contribution in [0.15, 0.2) is 78.9 Å². The first-order valence-electron chi connectivity index (χ1n) is 12.4. The van der Waals surface area contributed by atoms with Crippen molar-refractivity contribution in [3.8, 4) is 5.75 Å². The van der Waals surface area contributed by atoms with Crippen molar-refractivity contribution in [1.29, 1.82) is 0 Å². The van der Waals surface area contributed by atoms with Gasteiger partial charge in [-0.25, -0.2) is 0 Å². The summed E-state index contributed by atoms with van der Waals surface area (Å²) in [5, 5.41) is 5.88. The molecule has 0 unspecified atom stereocenters. The number of benzene rings is 3. The largest absolute Gasteiger partial charge is 0.493 e. The van der Waals surface area contributed by atoms with Crippen LogP contribution in [-0.4, -0.2) is 41.5 Å². The second kappa shape index (κ2) is 12.8. The number of thiocarbonyl (C=S) groups is 1. The van der Waals surface area contributed by atoms with Crippen molar-refractivity contribution in [3.63, 3.8) is 0 Å². The minimum absolute atomic E-state index is 0.0619. The van der Waals surface area contributed by atoms with E-state index in [0.29, 0.717) is 29.2 Å². The zero-order valence-corrected chi connectivity index (χ0v) is 21.1. The first-order chi connectivity index (χ1) is 17.6. The van der Waals surface area contributed by atoms with Gasteiger partial charge in [0.2, 0.25) is 0 Å². The molecule has 4 rings (SSSR count). The molecule has 0 spiro atoms. The zero-order chi connectivity index (χ0) is 25.2. The summed E-state index contributed by atoms with van der Waals surface area (Å²) in [6.07, 6.45) is 5.30. The number of nitrogens with zero attached hydrogens (tertiary/aromatic N) is 1. The maximum absolute atomic E-state index is 12.7. The van der Waals surface area contributed by atoms with E-state index >= 15 is 0 Å². The van der Waals surface area contributed by atoms with Gasteiger partial charge in [-0.1, -0.05) is 43.2 Å².